The van der Waals surface area contributed by atoms with Gasteiger partial charge >= 0.3 is 5.97 Å². The zero-order chi connectivity index (χ0) is 21.2. The Morgan fingerprint density at radius 3 is 2.59 bits per heavy atom. The fourth-order valence-corrected chi connectivity index (χ4v) is 4.92. The highest BCUT2D eigenvalue weighted by molar-refractivity contribution is 5.77. The molecular weight excluding hydrogens is 366 g/mol. The maximum absolute atomic E-state index is 12.7. The van der Waals surface area contributed by atoms with Gasteiger partial charge in [0.1, 0.15) is 5.76 Å². The van der Waals surface area contributed by atoms with Crippen molar-refractivity contribution in [2.75, 3.05) is 27.8 Å². The van der Waals surface area contributed by atoms with Crippen LogP contribution in [0.25, 0.3) is 0 Å². The number of hydrogen-bond acceptors (Lipinski definition) is 5. The van der Waals surface area contributed by atoms with Gasteiger partial charge < -0.3 is 14.2 Å². The van der Waals surface area contributed by atoms with Crippen molar-refractivity contribution >= 4 is 5.97 Å². The van der Waals surface area contributed by atoms with E-state index in [4.69, 9.17) is 14.2 Å². The first-order valence-electron chi connectivity index (χ1n) is 10.6. The van der Waals surface area contributed by atoms with Gasteiger partial charge in [0.15, 0.2) is 11.5 Å². The predicted octanol–water partition coefficient (Wildman–Crippen LogP) is 4.69. The molecule has 160 valence electrons. The molecule has 1 aromatic carbocycles. The molecule has 2 aliphatic rings. The topological polar surface area (TPSA) is 48.0 Å². The molecule has 0 saturated carbocycles. The number of fused-ring (bicyclic) bond motifs is 1. The van der Waals surface area contributed by atoms with Crippen LogP contribution >= 0.6 is 0 Å². The van der Waals surface area contributed by atoms with E-state index in [1.807, 2.05) is 19.9 Å². The second-order valence-electron chi connectivity index (χ2n) is 9.06. The minimum atomic E-state index is -0.449. The third-order valence-electron chi connectivity index (χ3n) is 6.72. The molecule has 1 aliphatic heterocycles. The molecule has 1 fully saturated rings. The zero-order valence-corrected chi connectivity index (χ0v) is 18.7. The van der Waals surface area contributed by atoms with Gasteiger partial charge in [0.05, 0.1) is 19.6 Å². The minimum absolute atomic E-state index is 0.00312. The zero-order valence-electron chi connectivity index (χ0n) is 18.7. The first kappa shape index (κ1) is 21.7. The van der Waals surface area contributed by atoms with Crippen molar-refractivity contribution in [3.63, 3.8) is 0 Å². The van der Waals surface area contributed by atoms with Crippen LogP contribution in [-0.2, 0) is 14.9 Å². The smallest absolute Gasteiger partial charge is 0.316 e. The maximum Gasteiger partial charge on any atom is 0.316 e. The maximum atomic E-state index is 12.7. The summed E-state index contributed by atoms with van der Waals surface area (Å²) in [6, 6.07) is 6.46. The van der Waals surface area contributed by atoms with E-state index in [1.165, 1.54) is 5.56 Å². The van der Waals surface area contributed by atoms with Crippen molar-refractivity contribution in [2.24, 2.45) is 5.41 Å². The lowest BCUT2D eigenvalue weighted by Crippen LogP contribution is -2.43. The summed E-state index contributed by atoms with van der Waals surface area (Å²) in [6.45, 7) is 7.05. The summed E-state index contributed by atoms with van der Waals surface area (Å²) in [6.07, 6.45) is 6.76. The van der Waals surface area contributed by atoms with Crippen molar-refractivity contribution in [2.45, 2.75) is 64.3 Å². The number of benzene rings is 1. The van der Waals surface area contributed by atoms with Crippen molar-refractivity contribution in [3.05, 3.63) is 35.6 Å². The average molecular weight is 402 g/mol. The van der Waals surface area contributed by atoms with Crippen molar-refractivity contribution in [3.8, 4) is 11.5 Å². The van der Waals surface area contributed by atoms with Crippen LogP contribution in [-0.4, -0.2) is 44.7 Å². The van der Waals surface area contributed by atoms with Gasteiger partial charge in [0.25, 0.3) is 0 Å². The molecule has 1 aliphatic carbocycles. The predicted molar refractivity (Wildman–Crippen MR) is 114 cm³/mol. The molecule has 1 saturated heterocycles. The van der Waals surface area contributed by atoms with Crippen LogP contribution in [0.15, 0.2) is 30.0 Å². The third-order valence-corrected chi connectivity index (χ3v) is 6.72. The van der Waals surface area contributed by atoms with Gasteiger partial charge in [-0.1, -0.05) is 19.4 Å². The van der Waals surface area contributed by atoms with Crippen LogP contribution in [0.4, 0.5) is 0 Å². The Morgan fingerprint density at radius 1 is 1.21 bits per heavy atom. The van der Waals surface area contributed by atoms with Gasteiger partial charge in [-0.3, -0.25) is 9.69 Å². The van der Waals surface area contributed by atoms with E-state index in [9.17, 15) is 4.79 Å². The second kappa shape index (κ2) is 8.39. The Kier molecular flexibility index (Phi) is 6.27. The number of likely N-dealkylation sites (N-methyl/N-ethyl adjacent to an activating group) is 1. The van der Waals surface area contributed by atoms with E-state index in [0.29, 0.717) is 0 Å². The summed E-state index contributed by atoms with van der Waals surface area (Å²) in [5.41, 5.74) is 0.815. The molecule has 0 N–H and O–H groups in total. The number of ether oxygens (including phenoxy) is 3. The molecule has 0 spiro atoms. The fraction of sp³-hybridized carbons (Fsp3) is 0.625. The summed E-state index contributed by atoms with van der Waals surface area (Å²) < 4.78 is 16.8. The highest BCUT2D eigenvalue weighted by Crippen LogP contribution is 2.49. The number of likely N-dealkylation sites (tertiary alicyclic amines) is 1. The Bertz CT molecular complexity index is 785. The third kappa shape index (κ3) is 4.02. The Morgan fingerprint density at radius 2 is 1.93 bits per heavy atom. The number of allylic oxidation sites excluding steroid dienone is 1. The molecule has 2 atom stereocenters. The van der Waals surface area contributed by atoms with Crippen LogP contribution in [0.5, 0.6) is 11.5 Å². The van der Waals surface area contributed by atoms with Gasteiger partial charge in [-0.25, -0.2) is 0 Å². The van der Waals surface area contributed by atoms with Gasteiger partial charge in [-0.2, -0.15) is 0 Å². The number of carbonyl (C=O) groups is 1. The Hall–Kier alpha value is -2.01. The van der Waals surface area contributed by atoms with Gasteiger partial charge in [-0.15, -0.1) is 0 Å². The van der Waals surface area contributed by atoms with E-state index in [-0.39, 0.29) is 17.4 Å². The SMILES string of the molecule is CCCC(C)(C)C(=O)OC1=C[C@@H]2N(C)CC[C@]2(c2ccc(OC)c(OC)c2)CC1. The highest BCUT2D eigenvalue weighted by atomic mass is 16.5. The van der Waals surface area contributed by atoms with Gasteiger partial charge in [0.2, 0.25) is 0 Å². The number of hydrogen-bond donors (Lipinski definition) is 0. The van der Waals surface area contributed by atoms with Crippen LogP contribution < -0.4 is 9.47 Å². The molecule has 1 heterocycles. The second-order valence-corrected chi connectivity index (χ2v) is 9.06. The molecular formula is C24H35NO4. The van der Waals surface area contributed by atoms with E-state index in [1.54, 1.807) is 14.2 Å². The first-order chi connectivity index (χ1) is 13.8. The van der Waals surface area contributed by atoms with Gasteiger partial charge in [0, 0.05) is 17.9 Å². The molecule has 0 bridgehead atoms. The summed E-state index contributed by atoms with van der Waals surface area (Å²) in [5, 5.41) is 0. The molecule has 5 heteroatoms. The molecule has 3 rings (SSSR count). The molecule has 5 nitrogen and oxygen atoms in total. The number of methoxy groups -OCH3 is 2. The number of rotatable bonds is 7. The number of esters is 1. The monoisotopic (exact) mass is 401 g/mol. The Balaban J connectivity index is 1.89. The van der Waals surface area contributed by atoms with Gasteiger partial charge in [-0.05, 0) is 70.5 Å². The van der Waals surface area contributed by atoms with Crippen molar-refractivity contribution in [1.29, 1.82) is 0 Å². The summed E-state index contributed by atoms with van der Waals surface area (Å²) >= 11 is 0. The number of carbonyl (C=O) groups excluding carboxylic acids is 1. The van der Waals surface area contributed by atoms with E-state index in [0.717, 1.165) is 55.9 Å². The number of nitrogens with zero attached hydrogens (tertiary/aromatic N) is 1. The van der Waals surface area contributed by atoms with Crippen LogP contribution in [0.3, 0.4) is 0 Å². The average Bonchev–Trinajstić information content (AvgIpc) is 3.04. The van der Waals surface area contributed by atoms with E-state index in [2.05, 4.69) is 37.1 Å². The van der Waals surface area contributed by atoms with Crippen molar-refractivity contribution < 1.29 is 19.0 Å². The molecule has 0 radical (unpaired) electrons. The quantitative estimate of drug-likeness (QED) is 0.620. The van der Waals surface area contributed by atoms with E-state index >= 15 is 0 Å². The fourth-order valence-electron chi connectivity index (χ4n) is 4.92. The minimum Gasteiger partial charge on any atom is -0.493 e. The summed E-state index contributed by atoms with van der Waals surface area (Å²) in [5.74, 6) is 2.20. The van der Waals surface area contributed by atoms with E-state index < -0.39 is 5.41 Å². The molecule has 0 unspecified atom stereocenters. The summed E-state index contributed by atoms with van der Waals surface area (Å²) in [4.78, 5) is 15.1. The molecule has 1 aromatic rings. The standard InChI is InChI=1S/C24H35NO4/c1-7-11-23(2,3)22(26)29-18-10-12-24(13-14-25(4)21(24)16-18)17-8-9-19(27-5)20(15-17)28-6/h8-9,15-16,21H,7,10-14H2,1-6H3/t21-,24-/m0/s1. The van der Waals surface area contributed by atoms with Crippen LogP contribution in [0, 0.1) is 5.41 Å². The molecule has 0 amide bonds. The lowest BCUT2D eigenvalue weighted by molar-refractivity contribution is -0.150. The lowest BCUT2D eigenvalue weighted by atomic mass is 9.68. The largest absolute Gasteiger partial charge is 0.493 e. The normalized spacial score (nSPS) is 24.6. The van der Waals surface area contributed by atoms with Crippen LogP contribution in [0.2, 0.25) is 0 Å². The Labute approximate surface area is 175 Å². The summed E-state index contributed by atoms with van der Waals surface area (Å²) in [7, 11) is 5.48. The highest BCUT2D eigenvalue weighted by Gasteiger charge is 2.49. The van der Waals surface area contributed by atoms with Crippen molar-refractivity contribution in [1.82, 2.24) is 4.90 Å². The molecule has 29 heavy (non-hydrogen) atoms. The van der Waals surface area contributed by atoms with Crippen LogP contribution in [0.1, 0.15) is 58.4 Å². The molecule has 0 aromatic heterocycles. The first-order valence-corrected chi connectivity index (χ1v) is 10.6. The lowest BCUT2D eigenvalue weighted by Gasteiger charge is -2.40.